The molecule has 0 bridgehead atoms. The molecule has 0 fully saturated rings. The number of nitrogens with two attached hydrogens (primary N) is 1. The minimum Gasteiger partial charge on any atom is -0.326 e. The third-order valence-corrected chi connectivity index (χ3v) is 4.19. The van der Waals surface area contributed by atoms with E-state index in [-0.39, 0.29) is 10.6 Å². The number of hydrogen-bond acceptors (Lipinski definition) is 4. The highest BCUT2D eigenvalue weighted by atomic mass is 32.2. The van der Waals surface area contributed by atoms with E-state index in [2.05, 4.69) is 6.07 Å². The quantitative estimate of drug-likeness (QED) is 0.518. The summed E-state index contributed by atoms with van der Waals surface area (Å²) in [6.45, 7) is 2.31. The summed E-state index contributed by atoms with van der Waals surface area (Å²) in [6, 6.07) is 13.2. The first kappa shape index (κ1) is 14.6. The molecule has 0 amide bonds. The molecule has 0 radical (unpaired) electrons. The summed E-state index contributed by atoms with van der Waals surface area (Å²) >= 11 is 1.66. The predicted molar refractivity (Wildman–Crippen MR) is 81.7 cm³/mol. The van der Waals surface area contributed by atoms with Gasteiger partial charge in [0.2, 0.25) is 0 Å². The highest BCUT2D eigenvalue weighted by molar-refractivity contribution is 7.98. The van der Waals surface area contributed by atoms with Gasteiger partial charge in [0.05, 0.1) is 4.92 Å². The molecule has 4 nitrogen and oxygen atoms in total. The van der Waals surface area contributed by atoms with Crippen LogP contribution in [0.25, 0.3) is 0 Å². The van der Waals surface area contributed by atoms with Crippen LogP contribution in [-0.4, -0.2) is 4.92 Å². The second-order valence-corrected chi connectivity index (χ2v) is 5.51. The number of nitrogens with zero attached hydrogens (tertiary/aromatic N) is 1. The van der Waals surface area contributed by atoms with Gasteiger partial charge in [-0.05, 0) is 30.2 Å². The van der Waals surface area contributed by atoms with Crippen molar-refractivity contribution < 1.29 is 4.92 Å². The Morgan fingerprint density at radius 1 is 1.25 bits per heavy atom. The van der Waals surface area contributed by atoms with Crippen LogP contribution in [0.2, 0.25) is 0 Å². The van der Waals surface area contributed by atoms with Crippen LogP contribution in [0, 0.1) is 17.0 Å². The van der Waals surface area contributed by atoms with Gasteiger partial charge in [0, 0.05) is 28.8 Å². The van der Waals surface area contributed by atoms with Crippen molar-refractivity contribution in [3.05, 3.63) is 69.3 Å². The third kappa shape index (κ3) is 3.37. The van der Waals surface area contributed by atoms with Crippen LogP contribution < -0.4 is 5.73 Å². The van der Waals surface area contributed by atoms with Crippen LogP contribution in [0.1, 0.15) is 16.7 Å². The van der Waals surface area contributed by atoms with Crippen molar-refractivity contribution >= 4 is 17.4 Å². The lowest BCUT2D eigenvalue weighted by atomic mass is 10.1. The fourth-order valence-electron chi connectivity index (χ4n) is 1.95. The molecule has 5 heteroatoms. The summed E-state index contributed by atoms with van der Waals surface area (Å²) in [5.41, 5.74) is 8.61. The lowest BCUT2D eigenvalue weighted by Crippen LogP contribution is -1.96. The van der Waals surface area contributed by atoms with E-state index in [0.717, 1.165) is 21.6 Å². The molecule has 2 aromatic rings. The van der Waals surface area contributed by atoms with Crippen molar-refractivity contribution in [2.75, 3.05) is 0 Å². The van der Waals surface area contributed by atoms with Crippen LogP contribution in [0.5, 0.6) is 0 Å². The average molecular weight is 288 g/mol. The maximum atomic E-state index is 10.9. The van der Waals surface area contributed by atoms with Gasteiger partial charge in [-0.2, -0.15) is 0 Å². The minimum absolute atomic E-state index is 0.179. The first-order valence-corrected chi connectivity index (χ1v) is 7.25. The molecule has 0 aliphatic rings. The van der Waals surface area contributed by atoms with Crippen LogP contribution in [0.15, 0.2) is 47.4 Å². The number of hydrogen-bond donors (Lipinski definition) is 1. The first-order valence-electron chi connectivity index (χ1n) is 6.26. The van der Waals surface area contributed by atoms with E-state index in [9.17, 15) is 10.1 Å². The van der Waals surface area contributed by atoms with E-state index in [1.165, 1.54) is 0 Å². The molecule has 0 unspecified atom stereocenters. The highest BCUT2D eigenvalue weighted by Crippen LogP contribution is 2.28. The van der Waals surface area contributed by atoms with Crippen molar-refractivity contribution in [1.29, 1.82) is 0 Å². The zero-order valence-electron chi connectivity index (χ0n) is 11.2. The van der Waals surface area contributed by atoms with Crippen LogP contribution in [-0.2, 0) is 12.3 Å². The maximum Gasteiger partial charge on any atom is 0.272 e. The molecule has 0 aliphatic heterocycles. The molecular formula is C15H16N2O2S. The summed E-state index contributed by atoms with van der Waals surface area (Å²) in [4.78, 5) is 11.7. The van der Waals surface area contributed by atoms with Crippen LogP contribution in [0.3, 0.4) is 0 Å². The van der Waals surface area contributed by atoms with Gasteiger partial charge in [0.15, 0.2) is 0 Å². The van der Waals surface area contributed by atoms with E-state index >= 15 is 0 Å². The van der Waals surface area contributed by atoms with E-state index < -0.39 is 0 Å². The van der Waals surface area contributed by atoms with E-state index in [1.54, 1.807) is 30.8 Å². The molecule has 20 heavy (non-hydrogen) atoms. The van der Waals surface area contributed by atoms with Gasteiger partial charge in [-0.1, -0.05) is 24.3 Å². The zero-order valence-corrected chi connectivity index (χ0v) is 12.0. The van der Waals surface area contributed by atoms with Crippen molar-refractivity contribution in [2.45, 2.75) is 24.1 Å². The van der Waals surface area contributed by atoms with Crippen LogP contribution >= 0.6 is 11.8 Å². The second kappa shape index (κ2) is 6.54. The van der Waals surface area contributed by atoms with Crippen molar-refractivity contribution in [1.82, 2.24) is 0 Å². The fraction of sp³-hybridized carbons (Fsp3) is 0.200. The third-order valence-electron chi connectivity index (χ3n) is 3.14. The Kier molecular flexibility index (Phi) is 4.76. The number of rotatable bonds is 5. The van der Waals surface area contributed by atoms with Gasteiger partial charge in [-0.15, -0.1) is 11.8 Å². The molecule has 0 saturated carbocycles. The Hall–Kier alpha value is -1.85. The maximum absolute atomic E-state index is 10.9. The fourth-order valence-corrected chi connectivity index (χ4v) is 2.99. The van der Waals surface area contributed by atoms with E-state index in [0.29, 0.717) is 12.3 Å². The lowest BCUT2D eigenvalue weighted by molar-refractivity contribution is -0.385. The topological polar surface area (TPSA) is 69.2 Å². The molecule has 0 saturated heterocycles. The minimum atomic E-state index is -0.335. The summed E-state index contributed by atoms with van der Waals surface area (Å²) in [7, 11) is 0. The Morgan fingerprint density at radius 3 is 2.70 bits per heavy atom. The van der Waals surface area contributed by atoms with Gasteiger partial charge in [0.25, 0.3) is 5.69 Å². The number of benzene rings is 2. The molecule has 0 spiro atoms. The normalized spacial score (nSPS) is 10.5. The zero-order chi connectivity index (χ0) is 14.5. The Labute approximate surface area is 122 Å². The molecule has 0 aliphatic carbocycles. The lowest BCUT2D eigenvalue weighted by Gasteiger charge is -2.07. The summed E-state index contributed by atoms with van der Waals surface area (Å²) in [5.74, 6) is 0.710. The molecule has 2 aromatic carbocycles. The molecule has 2 N–H and O–H groups in total. The number of nitro benzene ring substituents is 1. The Morgan fingerprint density at radius 2 is 2.00 bits per heavy atom. The van der Waals surface area contributed by atoms with Gasteiger partial charge in [-0.3, -0.25) is 10.1 Å². The smallest absolute Gasteiger partial charge is 0.272 e. The Bertz CT molecular complexity index is 629. The predicted octanol–water partition coefficient (Wildman–Crippen LogP) is 3.65. The molecule has 0 atom stereocenters. The van der Waals surface area contributed by atoms with Gasteiger partial charge in [0.1, 0.15) is 0 Å². The highest BCUT2D eigenvalue weighted by Gasteiger charge is 2.13. The van der Waals surface area contributed by atoms with Gasteiger partial charge >= 0.3 is 0 Å². The molecule has 2 rings (SSSR count). The number of thioether (sulfide) groups is 1. The van der Waals surface area contributed by atoms with Crippen LogP contribution in [0.4, 0.5) is 5.69 Å². The van der Waals surface area contributed by atoms with E-state index in [4.69, 9.17) is 5.73 Å². The summed E-state index contributed by atoms with van der Waals surface area (Å²) in [6.07, 6.45) is 0. The Balaban J connectivity index is 2.14. The van der Waals surface area contributed by atoms with E-state index in [1.807, 2.05) is 24.3 Å². The van der Waals surface area contributed by atoms with Crippen molar-refractivity contribution in [3.8, 4) is 0 Å². The monoisotopic (exact) mass is 288 g/mol. The number of nitro groups is 1. The second-order valence-electron chi connectivity index (χ2n) is 4.46. The standard InChI is InChI=1S/C15H16N2O2S/c1-11-13(5-3-7-15(11)17(18)19)10-20-14-6-2-4-12(8-14)9-16/h2-8H,9-10,16H2,1H3. The molecule has 0 heterocycles. The van der Waals surface area contributed by atoms with Gasteiger partial charge < -0.3 is 5.73 Å². The largest absolute Gasteiger partial charge is 0.326 e. The van der Waals surface area contributed by atoms with Crippen molar-refractivity contribution in [2.24, 2.45) is 5.73 Å². The van der Waals surface area contributed by atoms with Crippen molar-refractivity contribution in [3.63, 3.8) is 0 Å². The SMILES string of the molecule is Cc1c(CSc2cccc(CN)c2)cccc1[N+](=O)[O-]. The first-order chi connectivity index (χ1) is 9.61. The average Bonchev–Trinajstić information content (AvgIpc) is 2.46. The summed E-state index contributed by atoms with van der Waals surface area (Å²) < 4.78 is 0. The molecule has 0 aromatic heterocycles. The molecule has 104 valence electrons. The summed E-state index contributed by atoms with van der Waals surface area (Å²) in [5, 5.41) is 10.9. The van der Waals surface area contributed by atoms with Gasteiger partial charge in [-0.25, -0.2) is 0 Å². The molecular weight excluding hydrogens is 272 g/mol.